The van der Waals surface area contributed by atoms with E-state index in [4.69, 9.17) is 9.47 Å². The van der Waals surface area contributed by atoms with Gasteiger partial charge in [-0.25, -0.2) is 14.6 Å². The van der Waals surface area contributed by atoms with Gasteiger partial charge in [-0.1, -0.05) is 13.8 Å². The van der Waals surface area contributed by atoms with Crippen LogP contribution in [0.2, 0.25) is 0 Å². The number of aromatic nitrogens is 2. The van der Waals surface area contributed by atoms with Crippen molar-refractivity contribution < 1.29 is 19.1 Å². The van der Waals surface area contributed by atoms with E-state index in [0.29, 0.717) is 31.5 Å². The first-order valence-corrected chi connectivity index (χ1v) is 8.25. The van der Waals surface area contributed by atoms with E-state index in [2.05, 4.69) is 29.5 Å². The summed E-state index contributed by atoms with van der Waals surface area (Å²) in [6.45, 7) is 7.54. The third kappa shape index (κ3) is 4.47. The average Bonchev–Trinajstić information content (AvgIpc) is 2.89. The first-order valence-electron chi connectivity index (χ1n) is 8.25. The van der Waals surface area contributed by atoms with Gasteiger partial charge in [0.2, 0.25) is 0 Å². The third-order valence-corrected chi connectivity index (χ3v) is 3.90. The number of urea groups is 1. The number of carbonyl (C=O) groups excluding carboxylic acids is 2. The molecule has 1 aromatic rings. The zero-order valence-electron chi connectivity index (χ0n) is 14.7. The highest BCUT2D eigenvalue weighted by atomic mass is 16.5. The maximum absolute atomic E-state index is 12.2. The fourth-order valence-electron chi connectivity index (χ4n) is 2.58. The van der Waals surface area contributed by atoms with Crippen molar-refractivity contribution in [2.24, 2.45) is 5.92 Å². The molecule has 2 rings (SSSR count). The SMILES string of the molecule is COC(=O)c1c(NC(=O)NC(C)CCC(C)C)nc2n1CCOC2. The van der Waals surface area contributed by atoms with Gasteiger partial charge in [0.25, 0.3) is 0 Å². The second kappa shape index (κ2) is 8.14. The summed E-state index contributed by atoms with van der Waals surface area (Å²) in [5.41, 5.74) is 0.251. The molecular weight excluding hydrogens is 312 g/mol. The van der Waals surface area contributed by atoms with Crippen LogP contribution in [0, 0.1) is 5.92 Å². The van der Waals surface area contributed by atoms with Crippen molar-refractivity contribution in [3.63, 3.8) is 0 Å². The lowest BCUT2D eigenvalue weighted by molar-refractivity contribution is 0.0559. The minimum atomic E-state index is -0.529. The van der Waals surface area contributed by atoms with E-state index in [1.165, 1.54) is 7.11 Å². The summed E-state index contributed by atoms with van der Waals surface area (Å²) in [5.74, 6) is 0.864. The number of imidazole rings is 1. The number of methoxy groups -OCH3 is 1. The number of amides is 2. The number of ether oxygens (including phenoxy) is 2. The number of nitrogens with one attached hydrogen (secondary N) is 2. The topological polar surface area (TPSA) is 94.5 Å². The molecule has 0 saturated carbocycles. The highest BCUT2D eigenvalue weighted by Crippen LogP contribution is 2.21. The molecule has 1 aromatic heterocycles. The molecule has 2 heterocycles. The van der Waals surface area contributed by atoms with Gasteiger partial charge < -0.3 is 19.4 Å². The van der Waals surface area contributed by atoms with Gasteiger partial charge in [0.15, 0.2) is 11.5 Å². The number of rotatable bonds is 6. The second-order valence-corrected chi connectivity index (χ2v) is 6.39. The van der Waals surface area contributed by atoms with E-state index < -0.39 is 5.97 Å². The lowest BCUT2D eigenvalue weighted by Crippen LogP contribution is -2.36. The van der Waals surface area contributed by atoms with E-state index in [1.54, 1.807) is 4.57 Å². The van der Waals surface area contributed by atoms with Crippen LogP contribution in [0.4, 0.5) is 10.6 Å². The third-order valence-electron chi connectivity index (χ3n) is 3.90. The number of carbonyl (C=O) groups is 2. The van der Waals surface area contributed by atoms with Crippen molar-refractivity contribution in [1.29, 1.82) is 0 Å². The van der Waals surface area contributed by atoms with Crippen molar-refractivity contribution in [1.82, 2.24) is 14.9 Å². The molecule has 0 fully saturated rings. The van der Waals surface area contributed by atoms with Gasteiger partial charge in [0.05, 0.1) is 13.7 Å². The van der Waals surface area contributed by atoms with Gasteiger partial charge in [-0.05, 0) is 25.7 Å². The van der Waals surface area contributed by atoms with Crippen molar-refractivity contribution in [2.45, 2.75) is 52.8 Å². The molecule has 0 saturated heterocycles. The fourth-order valence-corrected chi connectivity index (χ4v) is 2.58. The summed E-state index contributed by atoms with van der Waals surface area (Å²) < 4.78 is 11.9. The van der Waals surface area contributed by atoms with Crippen LogP contribution in [0.15, 0.2) is 0 Å². The summed E-state index contributed by atoms with van der Waals surface area (Å²) in [6, 6.07) is -0.345. The van der Waals surface area contributed by atoms with E-state index in [0.717, 1.165) is 12.8 Å². The Morgan fingerprint density at radius 2 is 2.08 bits per heavy atom. The Bertz CT molecular complexity index is 597. The molecule has 8 nitrogen and oxygen atoms in total. The highest BCUT2D eigenvalue weighted by Gasteiger charge is 2.27. The number of nitrogens with zero attached hydrogens (tertiary/aromatic N) is 2. The molecule has 0 spiro atoms. The molecule has 2 amide bonds. The van der Waals surface area contributed by atoms with Crippen LogP contribution in [0.1, 0.15) is 49.9 Å². The molecule has 2 N–H and O–H groups in total. The Morgan fingerprint density at radius 3 is 2.75 bits per heavy atom. The molecule has 24 heavy (non-hydrogen) atoms. The Kier molecular flexibility index (Phi) is 6.19. The smallest absolute Gasteiger partial charge is 0.358 e. The largest absolute Gasteiger partial charge is 0.464 e. The normalized spacial score (nSPS) is 14.9. The van der Waals surface area contributed by atoms with Crippen LogP contribution in [0.25, 0.3) is 0 Å². The summed E-state index contributed by atoms with van der Waals surface area (Å²) in [6.07, 6.45) is 1.92. The first-order chi connectivity index (χ1) is 11.4. The number of esters is 1. The standard InChI is InChI=1S/C16H26N4O4/c1-10(2)5-6-11(3)17-16(22)19-14-13(15(21)23-4)20-7-8-24-9-12(20)18-14/h10-11H,5-9H2,1-4H3,(H2,17,19,22). The van der Waals surface area contributed by atoms with Gasteiger partial charge in [-0.2, -0.15) is 0 Å². The quantitative estimate of drug-likeness (QED) is 0.775. The Labute approximate surface area is 141 Å². The van der Waals surface area contributed by atoms with Gasteiger partial charge in [-0.15, -0.1) is 0 Å². The van der Waals surface area contributed by atoms with Gasteiger partial charge in [0.1, 0.15) is 12.4 Å². The predicted molar refractivity (Wildman–Crippen MR) is 88.9 cm³/mol. The lowest BCUT2D eigenvalue weighted by atomic mass is 10.0. The Balaban J connectivity index is 2.07. The average molecular weight is 338 g/mol. The van der Waals surface area contributed by atoms with Crippen molar-refractivity contribution >= 4 is 17.8 Å². The van der Waals surface area contributed by atoms with Crippen LogP contribution in [0.5, 0.6) is 0 Å². The molecular formula is C16H26N4O4. The second-order valence-electron chi connectivity index (χ2n) is 6.39. The summed E-state index contributed by atoms with van der Waals surface area (Å²) in [5, 5.41) is 5.53. The number of hydrogen-bond acceptors (Lipinski definition) is 5. The lowest BCUT2D eigenvalue weighted by Gasteiger charge is -2.16. The van der Waals surface area contributed by atoms with Crippen LogP contribution < -0.4 is 10.6 Å². The molecule has 1 atom stereocenters. The van der Waals surface area contributed by atoms with Crippen molar-refractivity contribution in [3.8, 4) is 0 Å². The molecule has 0 bridgehead atoms. The Morgan fingerprint density at radius 1 is 1.33 bits per heavy atom. The van der Waals surface area contributed by atoms with E-state index in [-0.39, 0.29) is 23.6 Å². The summed E-state index contributed by atoms with van der Waals surface area (Å²) in [7, 11) is 1.31. The van der Waals surface area contributed by atoms with Crippen molar-refractivity contribution in [2.75, 3.05) is 19.0 Å². The molecule has 134 valence electrons. The molecule has 1 aliphatic heterocycles. The molecule has 0 aliphatic carbocycles. The van der Waals surface area contributed by atoms with Crippen LogP contribution >= 0.6 is 0 Å². The molecule has 0 radical (unpaired) electrons. The minimum absolute atomic E-state index is 0.0366. The van der Waals surface area contributed by atoms with Crippen LogP contribution in [-0.4, -0.2) is 41.3 Å². The highest BCUT2D eigenvalue weighted by molar-refractivity contribution is 5.98. The molecule has 8 heteroatoms. The minimum Gasteiger partial charge on any atom is -0.464 e. The monoisotopic (exact) mass is 338 g/mol. The predicted octanol–water partition coefficient (Wildman–Crippen LogP) is 2.15. The summed E-state index contributed by atoms with van der Waals surface area (Å²) >= 11 is 0. The van der Waals surface area contributed by atoms with E-state index >= 15 is 0 Å². The summed E-state index contributed by atoms with van der Waals surface area (Å²) in [4.78, 5) is 28.5. The maximum Gasteiger partial charge on any atom is 0.358 e. The number of fused-ring (bicyclic) bond motifs is 1. The molecule has 1 aliphatic rings. The van der Waals surface area contributed by atoms with Gasteiger partial charge >= 0.3 is 12.0 Å². The van der Waals surface area contributed by atoms with Crippen molar-refractivity contribution in [3.05, 3.63) is 11.5 Å². The van der Waals surface area contributed by atoms with Crippen LogP contribution in [0.3, 0.4) is 0 Å². The molecule has 0 aromatic carbocycles. The zero-order chi connectivity index (χ0) is 17.7. The Hall–Kier alpha value is -2.09. The van der Waals surface area contributed by atoms with Crippen LogP contribution in [-0.2, 0) is 22.6 Å². The fraction of sp³-hybridized carbons (Fsp3) is 0.688. The molecule has 1 unspecified atom stereocenters. The van der Waals surface area contributed by atoms with Gasteiger partial charge in [-0.3, -0.25) is 5.32 Å². The first kappa shape index (κ1) is 18.3. The maximum atomic E-state index is 12.2. The van der Waals surface area contributed by atoms with E-state index in [1.807, 2.05) is 6.92 Å². The van der Waals surface area contributed by atoms with E-state index in [9.17, 15) is 9.59 Å². The zero-order valence-corrected chi connectivity index (χ0v) is 14.7. The number of anilines is 1. The number of hydrogen-bond donors (Lipinski definition) is 2. The van der Waals surface area contributed by atoms with Gasteiger partial charge in [0, 0.05) is 12.6 Å².